The molecule has 3 rings (SSSR count). The number of aromatic nitrogens is 1. The Hall–Kier alpha value is -2.08. The minimum Gasteiger partial charge on any atom is -0.492 e. The van der Waals surface area contributed by atoms with E-state index in [0.717, 1.165) is 28.4 Å². The number of hydrogen-bond acceptors (Lipinski definition) is 5. The van der Waals surface area contributed by atoms with Gasteiger partial charge in [-0.25, -0.2) is 4.98 Å². The van der Waals surface area contributed by atoms with Gasteiger partial charge in [-0.05, 0) is 33.8 Å². The summed E-state index contributed by atoms with van der Waals surface area (Å²) in [6.45, 7) is 8.23. The van der Waals surface area contributed by atoms with Crippen molar-refractivity contribution in [2.24, 2.45) is 0 Å². The van der Waals surface area contributed by atoms with Crippen molar-refractivity contribution >= 4 is 22.9 Å². The van der Waals surface area contributed by atoms with E-state index in [9.17, 15) is 4.79 Å². The third kappa shape index (κ3) is 3.17. The van der Waals surface area contributed by atoms with Gasteiger partial charge in [0.1, 0.15) is 22.5 Å². The number of rotatable bonds is 4. The lowest BCUT2D eigenvalue weighted by Crippen LogP contribution is -2.13. The van der Waals surface area contributed by atoms with E-state index >= 15 is 0 Å². The summed E-state index contributed by atoms with van der Waals surface area (Å²) in [5.41, 5.74) is 2.49. The third-order valence-electron chi connectivity index (χ3n) is 3.66. The average molecular weight is 332 g/mol. The number of carbonyl (C=O) groups excluding carboxylic acids is 1. The first-order valence-corrected chi connectivity index (χ1v) is 8.51. The topological polar surface area (TPSA) is 60.5 Å². The van der Waals surface area contributed by atoms with Crippen molar-refractivity contribution in [1.82, 2.24) is 4.98 Å². The first-order chi connectivity index (χ1) is 11.0. The zero-order valence-electron chi connectivity index (χ0n) is 13.7. The van der Waals surface area contributed by atoms with E-state index in [1.165, 1.54) is 11.3 Å². The molecule has 1 atom stereocenters. The number of hydrogen-bond donors (Lipinski definition) is 1. The molecule has 0 spiro atoms. The van der Waals surface area contributed by atoms with E-state index in [1.54, 1.807) is 0 Å². The van der Waals surface area contributed by atoms with Crippen LogP contribution in [0.2, 0.25) is 0 Å². The fourth-order valence-corrected chi connectivity index (χ4v) is 3.55. The van der Waals surface area contributed by atoms with Gasteiger partial charge >= 0.3 is 0 Å². The summed E-state index contributed by atoms with van der Waals surface area (Å²) < 4.78 is 11.5. The van der Waals surface area contributed by atoms with Crippen LogP contribution in [0.1, 0.15) is 39.8 Å². The van der Waals surface area contributed by atoms with Crippen molar-refractivity contribution in [3.63, 3.8) is 0 Å². The number of ether oxygens (including phenoxy) is 2. The Morgan fingerprint density at radius 1 is 1.48 bits per heavy atom. The maximum atomic E-state index is 12.5. The number of nitrogens with zero attached hydrogens (tertiary/aromatic N) is 1. The van der Waals surface area contributed by atoms with Crippen LogP contribution in [0.5, 0.6) is 11.5 Å². The van der Waals surface area contributed by atoms with Gasteiger partial charge < -0.3 is 14.8 Å². The molecular formula is C17H20N2O3S. The third-order valence-corrected chi connectivity index (χ3v) is 4.73. The van der Waals surface area contributed by atoms with Crippen molar-refractivity contribution in [2.45, 2.75) is 40.2 Å². The first-order valence-electron chi connectivity index (χ1n) is 7.69. The minimum atomic E-state index is -0.167. The molecule has 5 nitrogen and oxygen atoms in total. The number of aryl methyl sites for hydroxylation is 2. The number of thiazole rings is 1. The number of carbonyl (C=O) groups is 1. The quantitative estimate of drug-likeness (QED) is 0.926. The molecule has 0 bridgehead atoms. The van der Waals surface area contributed by atoms with Crippen molar-refractivity contribution in [1.29, 1.82) is 0 Å². The van der Waals surface area contributed by atoms with Crippen LogP contribution < -0.4 is 14.8 Å². The zero-order valence-corrected chi connectivity index (χ0v) is 14.5. The van der Waals surface area contributed by atoms with Crippen molar-refractivity contribution < 1.29 is 14.3 Å². The highest BCUT2D eigenvalue weighted by Crippen LogP contribution is 2.38. The molecule has 1 aromatic heterocycles. The molecule has 23 heavy (non-hydrogen) atoms. The molecule has 1 amide bonds. The minimum absolute atomic E-state index is 0.150. The van der Waals surface area contributed by atoms with Crippen LogP contribution >= 0.6 is 11.3 Å². The lowest BCUT2D eigenvalue weighted by molar-refractivity contribution is 0.102. The largest absolute Gasteiger partial charge is 0.492 e. The van der Waals surface area contributed by atoms with E-state index in [1.807, 2.05) is 39.8 Å². The summed E-state index contributed by atoms with van der Waals surface area (Å²) in [5.74, 6) is 1.32. The first kappa shape index (κ1) is 15.8. The highest BCUT2D eigenvalue weighted by Gasteiger charge is 2.23. The van der Waals surface area contributed by atoms with Gasteiger partial charge in [-0.1, -0.05) is 0 Å². The molecule has 1 N–H and O–H groups in total. The zero-order chi connectivity index (χ0) is 16.6. The molecule has 1 aliphatic heterocycles. The van der Waals surface area contributed by atoms with Gasteiger partial charge in [0, 0.05) is 18.1 Å². The molecule has 6 heteroatoms. The highest BCUT2D eigenvalue weighted by atomic mass is 32.1. The fourth-order valence-electron chi connectivity index (χ4n) is 2.73. The Balaban J connectivity index is 1.91. The van der Waals surface area contributed by atoms with Gasteiger partial charge in [0.15, 0.2) is 0 Å². The average Bonchev–Trinajstić information content (AvgIpc) is 3.00. The normalized spacial score (nSPS) is 15.9. The van der Waals surface area contributed by atoms with Gasteiger partial charge in [-0.15, -0.1) is 11.3 Å². The molecule has 122 valence electrons. The van der Waals surface area contributed by atoms with Crippen molar-refractivity contribution in [2.75, 3.05) is 11.9 Å². The number of amides is 1. The second-order valence-electron chi connectivity index (χ2n) is 5.62. The summed E-state index contributed by atoms with van der Waals surface area (Å²) in [4.78, 5) is 17.5. The molecule has 1 aliphatic rings. The number of fused-ring (bicyclic) bond motifs is 1. The highest BCUT2D eigenvalue weighted by molar-refractivity contribution is 7.13. The molecule has 2 aromatic rings. The molecule has 1 aromatic carbocycles. The second-order valence-corrected chi connectivity index (χ2v) is 6.83. The van der Waals surface area contributed by atoms with E-state index in [0.29, 0.717) is 22.9 Å². The van der Waals surface area contributed by atoms with Crippen molar-refractivity contribution in [3.05, 3.63) is 33.3 Å². The van der Waals surface area contributed by atoms with Crippen LogP contribution in [0.4, 0.5) is 5.69 Å². The predicted octanol–water partition coefficient (Wildman–Crippen LogP) is 3.73. The second kappa shape index (κ2) is 6.20. The smallest absolute Gasteiger partial charge is 0.267 e. The number of anilines is 1. The molecule has 0 unspecified atom stereocenters. The monoisotopic (exact) mass is 332 g/mol. The van der Waals surface area contributed by atoms with Crippen LogP contribution in [0, 0.1) is 13.8 Å². The van der Waals surface area contributed by atoms with Gasteiger partial charge in [-0.3, -0.25) is 4.79 Å². The molecule has 2 heterocycles. The van der Waals surface area contributed by atoms with E-state index in [-0.39, 0.29) is 12.0 Å². The van der Waals surface area contributed by atoms with Crippen LogP contribution in [0.25, 0.3) is 0 Å². The Labute approximate surface area is 139 Å². The summed E-state index contributed by atoms with van der Waals surface area (Å²) in [6.07, 6.45) is 1.01. The SMILES string of the molecule is CCOc1cc2c(cc1NC(=O)c1sc(C)nc1C)O[C@H](C)C2. The lowest BCUT2D eigenvalue weighted by Gasteiger charge is -2.13. The summed E-state index contributed by atoms with van der Waals surface area (Å²) in [6, 6.07) is 3.81. The van der Waals surface area contributed by atoms with E-state index in [2.05, 4.69) is 10.3 Å². The van der Waals surface area contributed by atoms with E-state index in [4.69, 9.17) is 9.47 Å². The van der Waals surface area contributed by atoms with Crippen LogP contribution in [-0.4, -0.2) is 23.6 Å². The number of benzene rings is 1. The summed E-state index contributed by atoms with van der Waals surface area (Å²) >= 11 is 1.39. The van der Waals surface area contributed by atoms with Crippen molar-refractivity contribution in [3.8, 4) is 11.5 Å². The van der Waals surface area contributed by atoms with Gasteiger partial charge in [0.2, 0.25) is 0 Å². The Morgan fingerprint density at radius 2 is 2.26 bits per heavy atom. The summed E-state index contributed by atoms with van der Waals surface area (Å²) in [7, 11) is 0. The number of nitrogens with one attached hydrogen (secondary N) is 1. The van der Waals surface area contributed by atoms with Crippen LogP contribution in [0.3, 0.4) is 0 Å². The molecule has 0 fully saturated rings. The Bertz CT molecular complexity index is 755. The molecular weight excluding hydrogens is 312 g/mol. The van der Waals surface area contributed by atoms with Gasteiger partial charge in [0.05, 0.1) is 23.0 Å². The van der Waals surface area contributed by atoms with E-state index < -0.39 is 0 Å². The molecule has 0 saturated heterocycles. The molecule has 0 saturated carbocycles. The maximum Gasteiger partial charge on any atom is 0.267 e. The molecule has 0 radical (unpaired) electrons. The maximum absolute atomic E-state index is 12.5. The van der Waals surface area contributed by atoms with Crippen LogP contribution in [-0.2, 0) is 6.42 Å². The summed E-state index contributed by atoms with van der Waals surface area (Å²) in [5, 5.41) is 3.82. The Morgan fingerprint density at radius 3 is 2.91 bits per heavy atom. The lowest BCUT2D eigenvalue weighted by atomic mass is 10.1. The fraction of sp³-hybridized carbons (Fsp3) is 0.412. The van der Waals surface area contributed by atoms with Gasteiger partial charge in [-0.2, -0.15) is 0 Å². The predicted molar refractivity (Wildman–Crippen MR) is 90.9 cm³/mol. The molecule has 0 aliphatic carbocycles. The van der Waals surface area contributed by atoms with Crippen LogP contribution in [0.15, 0.2) is 12.1 Å². The standard InChI is InChI=1S/C17H20N2O3S/c1-5-21-15-7-12-6-9(2)22-14(12)8-13(15)19-17(20)16-10(3)18-11(4)23-16/h7-9H,5-6H2,1-4H3,(H,19,20)/t9-/m1/s1. The van der Waals surface area contributed by atoms with Gasteiger partial charge in [0.25, 0.3) is 5.91 Å². The Kier molecular flexibility index (Phi) is 4.26.